The number of methoxy groups -OCH3 is 3. The van der Waals surface area contributed by atoms with Gasteiger partial charge < -0.3 is 42.8 Å². The first-order chi connectivity index (χ1) is 28.9. The molecule has 60 heavy (non-hydrogen) atoms. The summed E-state index contributed by atoms with van der Waals surface area (Å²) >= 11 is 0. The summed E-state index contributed by atoms with van der Waals surface area (Å²) in [6.07, 6.45) is 9.16. The molecule has 0 bridgehead atoms. The molecule has 0 N–H and O–H groups in total. The van der Waals surface area contributed by atoms with Gasteiger partial charge in [0, 0.05) is 39.2 Å². The standard InChI is InChI=1S/C49H73NO10/c1-11-30-16-18-31(19-17-30)36-23-32-22-34(59-49-48(55-10)47(54-9)46(53-8)29(5)57-49)24-35(32)37-25-39-38(44(36)37)26-42(51)58-33(12-2)14-13-15-41(27(3)45(39)52)60-43-21-20-40(50(6)7)28(4)56-43/h16-19,23,25,27-29,32-35,37-38,40-41,43-44,46-49H,11-15,20-22,24,26H2,1-10H3/t27-,28?,29?,32?,33+,34-,35-,37+,38-,40+,41+,43+,44?,46+,47?,48+,49+/m1/s1. The van der Waals surface area contributed by atoms with Gasteiger partial charge in [-0.2, -0.15) is 0 Å². The first-order valence-corrected chi connectivity index (χ1v) is 23.0. The van der Waals surface area contributed by atoms with Crippen LogP contribution < -0.4 is 0 Å². The van der Waals surface area contributed by atoms with Crippen LogP contribution in [0.4, 0.5) is 0 Å². The minimum atomic E-state index is -0.630. The van der Waals surface area contributed by atoms with Crippen LogP contribution in [0.3, 0.4) is 0 Å². The normalized spacial score (nSPS) is 41.4. The van der Waals surface area contributed by atoms with Gasteiger partial charge in [-0.3, -0.25) is 9.59 Å². The van der Waals surface area contributed by atoms with E-state index in [2.05, 4.69) is 76.2 Å². The minimum absolute atomic E-state index is 0.0193. The quantitative estimate of drug-likeness (QED) is 0.206. The highest BCUT2D eigenvalue weighted by Gasteiger charge is 2.54. The smallest absolute Gasteiger partial charge is 0.306 e. The van der Waals surface area contributed by atoms with Crippen LogP contribution in [0.2, 0.25) is 0 Å². The zero-order valence-corrected chi connectivity index (χ0v) is 37.9. The average molecular weight is 836 g/mol. The number of carbonyl (C=O) groups is 2. The topological polar surface area (TPSA) is 111 Å². The number of Topliss-reactive ketones (excluding diaryl/α,β-unsaturated/α-hetero) is 1. The summed E-state index contributed by atoms with van der Waals surface area (Å²) in [5.74, 6) is -0.507. The van der Waals surface area contributed by atoms with Crippen molar-refractivity contribution in [1.82, 2.24) is 4.90 Å². The van der Waals surface area contributed by atoms with Crippen molar-refractivity contribution in [3.05, 3.63) is 53.1 Å². The van der Waals surface area contributed by atoms with Crippen molar-refractivity contribution in [2.45, 2.75) is 166 Å². The number of aryl methyl sites for hydroxylation is 1. The van der Waals surface area contributed by atoms with E-state index in [4.69, 9.17) is 37.9 Å². The number of allylic oxidation sites excluding steroid dienone is 4. The third kappa shape index (κ3) is 9.40. The van der Waals surface area contributed by atoms with Crippen LogP contribution >= 0.6 is 0 Å². The Morgan fingerprint density at radius 1 is 0.783 bits per heavy atom. The van der Waals surface area contributed by atoms with Gasteiger partial charge in [0.1, 0.15) is 24.4 Å². The van der Waals surface area contributed by atoms with Crippen molar-refractivity contribution in [2.75, 3.05) is 35.4 Å². The molecule has 17 atom stereocenters. The summed E-state index contributed by atoms with van der Waals surface area (Å²) in [6.45, 7) is 10.4. The lowest BCUT2D eigenvalue weighted by molar-refractivity contribution is -0.314. The van der Waals surface area contributed by atoms with Crippen LogP contribution in [-0.2, 0) is 53.9 Å². The third-order valence-electron chi connectivity index (χ3n) is 15.1. The van der Waals surface area contributed by atoms with Crippen LogP contribution in [0.15, 0.2) is 42.0 Å². The number of benzene rings is 1. The molecule has 0 aromatic heterocycles. The predicted molar refractivity (Wildman–Crippen MR) is 229 cm³/mol. The number of hydrogen-bond acceptors (Lipinski definition) is 11. The highest BCUT2D eigenvalue weighted by Crippen LogP contribution is 2.58. The fraction of sp³-hybridized carbons (Fsp3) is 0.755. The van der Waals surface area contributed by atoms with E-state index >= 15 is 4.79 Å². The Kier molecular flexibility index (Phi) is 15.1. The summed E-state index contributed by atoms with van der Waals surface area (Å²) in [6, 6.07) is 9.18. The molecule has 1 aromatic rings. The number of hydrogen-bond donors (Lipinski definition) is 0. The largest absolute Gasteiger partial charge is 0.462 e. The number of nitrogens with zero attached hydrogens (tertiary/aromatic N) is 1. The molecule has 0 radical (unpaired) electrons. The first-order valence-electron chi connectivity index (χ1n) is 23.0. The Labute approximate surface area is 359 Å². The summed E-state index contributed by atoms with van der Waals surface area (Å²) in [4.78, 5) is 31.4. The highest BCUT2D eigenvalue weighted by molar-refractivity contribution is 5.99. The number of rotatable bonds is 11. The lowest BCUT2D eigenvalue weighted by atomic mass is 9.65. The maximum absolute atomic E-state index is 15.2. The van der Waals surface area contributed by atoms with Gasteiger partial charge in [0.25, 0.3) is 0 Å². The van der Waals surface area contributed by atoms with Crippen LogP contribution in [0.25, 0.3) is 5.57 Å². The van der Waals surface area contributed by atoms with E-state index in [9.17, 15) is 4.79 Å². The molecule has 11 nitrogen and oxygen atoms in total. The first kappa shape index (κ1) is 45.5. The molecule has 1 saturated carbocycles. The fourth-order valence-corrected chi connectivity index (χ4v) is 11.8. The number of likely N-dealkylation sites (N-methyl/N-ethyl adjacent to an activating group) is 1. The average Bonchev–Trinajstić information content (AvgIpc) is 3.82. The summed E-state index contributed by atoms with van der Waals surface area (Å²) in [5.41, 5.74) is 4.37. The van der Waals surface area contributed by atoms with Crippen molar-refractivity contribution in [3.8, 4) is 0 Å². The predicted octanol–water partition coefficient (Wildman–Crippen LogP) is 7.58. The second-order valence-corrected chi connectivity index (χ2v) is 18.7. The van der Waals surface area contributed by atoms with E-state index in [1.165, 1.54) is 11.1 Å². The molecule has 334 valence electrons. The summed E-state index contributed by atoms with van der Waals surface area (Å²) in [7, 11) is 9.19. The number of esters is 1. The van der Waals surface area contributed by atoms with E-state index < -0.39 is 18.3 Å². The minimum Gasteiger partial charge on any atom is -0.462 e. The van der Waals surface area contributed by atoms with Crippen molar-refractivity contribution in [1.29, 1.82) is 0 Å². The molecule has 11 heteroatoms. The molecule has 3 heterocycles. The fourth-order valence-electron chi connectivity index (χ4n) is 11.8. The Morgan fingerprint density at radius 3 is 2.17 bits per heavy atom. The molecule has 3 saturated heterocycles. The van der Waals surface area contributed by atoms with Gasteiger partial charge in [0.2, 0.25) is 0 Å². The Hall–Kier alpha value is -2.48. The molecule has 0 amide bonds. The number of ether oxygens (including phenoxy) is 8. The van der Waals surface area contributed by atoms with E-state index in [-0.39, 0.29) is 96.8 Å². The van der Waals surface area contributed by atoms with Crippen LogP contribution in [-0.4, -0.2) is 120 Å². The maximum atomic E-state index is 15.2. The van der Waals surface area contributed by atoms with Gasteiger partial charge in [-0.15, -0.1) is 0 Å². The number of carbonyl (C=O) groups excluding carboxylic acids is 2. The van der Waals surface area contributed by atoms with Crippen LogP contribution in [0.1, 0.15) is 104 Å². The molecule has 3 aliphatic carbocycles. The van der Waals surface area contributed by atoms with Crippen molar-refractivity contribution in [3.63, 3.8) is 0 Å². The molecular formula is C49H73NO10. The Bertz CT molecular complexity index is 1680. The van der Waals surface area contributed by atoms with Crippen molar-refractivity contribution in [2.24, 2.45) is 35.5 Å². The maximum Gasteiger partial charge on any atom is 0.306 e. The third-order valence-corrected chi connectivity index (χ3v) is 15.1. The summed E-state index contributed by atoms with van der Waals surface area (Å²) in [5, 5.41) is 0. The highest BCUT2D eigenvalue weighted by atomic mass is 16.7. The summed E-state index contributed by atoms with van der Waals surface area (Å²) < 4.78 is 50.5. The number of ketones is 1. The lowest BCUT2D eigenvalue weighted by Gasteiger charge is -2.44. The van der Waals surface area contributed by atoms with Crippen LogP contribution in [0.5, 0.6) is 0 Å². The molecule has 6 aliphatic rings. The van der Waals surface area contributed by atoms with E-state index in [1.54, 1.807) is 21.3 Å². The molecule has 7 rings (SSSR count). The molecule has 4 fully saturated rings. The van der Waals surface area contributed by atoms with Gasteiger partial charge in [-0.1, -0.05) is 57.2 Å². The Balaban J connectivity index is 1.21. The molecule has 5 unspecified atom stereocenters. The second-order valence-electron chi connectivity index (χ2n) is 18.7. The van der Waals surface area contributed by atoms with E-state index in [1.807, 2.05) is 13.8 Å². The van der Waals surface area contributed by atoms with E-state index in [0.29, 0.717) is 12.5 Å². The number of cyclic esters (lactones) is 1. The van der Waals surface area contributed by atoms with Crippen molar-refractivity contribution >= 4 is 17.3 Å². The lowest BCUT2D eigenvalue weighted by Crippen LogP contribution is -2.59. The van der Waals surface area contributed by atoms with E-state index in [0.717, 1.165) is 62.5 Å². The van der Waals surface area contributed by atoms with Gasteiger partial charge in [0.15, 0.2) is 18.4 Å². The molecular weight excluding hydrogens is 763 g/mol. The zero-order valence-electron chi connectivity index (χ0n) is 37.9. The number of fused-ring (bicyclic) bond motifs is 5. The van der Waals surface area contributed by atoms with Crippen LogP contribution in [0, 0.1) is 35.5 Å². The SMILES string of the molecule is CCc1ccc(C2=CC3C[C@@H](O[C@@H]4OC(C)[C@H](OC)C(OC)[C@@H]4OC)C[C@H]3[C@@H]3C=C4C(=O)[C@H](C)[C@@H](O[C@H]5CC[C@H](N(C)C)C(C)O5)CCC[C@H](CC)OC(=O)C[C@H]4C23)cc1. The molecule has 3 aliphatic heterocycles. The van der Waals surface area contributed by atoms with Crippen molar-refractivity contribution < 1.29 is 47.5 Å². The second kappa shape index (κ2) is 19.9. The van der Waals surface area contributed by atoms with Gasteiger partial charge in [0.05, 0.1) is 30.8 Å². The van der Waals surface area contributed by atoms with Gasteiger partial charge in [-0.25, -0.2) is 0 Å². The van der Waals surface area contributed by atoms with Gasteiger partial charge in [-0.05, 0) is 132 Å². The molecule has 1 aromatic carbocycles. The Morgan fingerprint density at radius 2 is 1.52 bits per heavy atom. The zero-order chi connectivity index (χ0) is 42.8. The molecule has 0 spiro atoms. The monoisotopic (exact) mass is 836 g/mol. The van der Waals surface area contributed by atoms with Gasteiger partial charge >= 0.3 is 5.97 Å².